The van der Waals surface area contributed by atoms with Crippen LogP contribution in [0.5, 0.6) is 0 Å². The molecule has 1 unspecified atom stereocenters. The second-order valence-electron chi connectivity index (χ2n) is 4.03. The van der Waals surface area contributed by atoms with Crippen LogP contribution in [0.15, 0.2) is 36.1 Å². The van der Waals surface area contributed by atoms with Gasteiger partial charge >= 0.3 is 0 Å². The summed E-state index contributed by atoms with van der Waals surface area (Å²) in [6, 6.07) is 0. The first-order valence-electron chi connectivity index (χ1n) is 5.10. The van der Waals surface area contributed by atoms with E-state index >= 15 is 0 Å². The summed E-state index contributed by atoms with van der Waals surface area (Å²) in [5.74, 6) is 1.83. The largest absolute Gasteiger partial charge is 0.508 e. The molecule has 0 spiro atoms. The maximum atomic E-state index is 9.24. The Kier molecular flexibility index (Phi) is 2.53. The van der Waals surface area contributed by atoms with Crippen molar-refractivity contribution >= 4 is 0 Å². The highest BCUT2D eigenvalue weighted by molar-refractivity contribution is 5.23. The molecule has 0 radical (unpaired) electrons. The second kappa shape index (κ2) is 3.82. The van der Waals surface area contributed by atoms with Crippen LogP contribution in [0.4, 0.5) is 0 Å². The molecular formula is C12H16O. The van der Waals surface area contributed by atoms with Crippen LogP contribution in [-0.4, -0.2) is 5.11 Å². The molecule has 1 heteroatoms. The smallest absolute Gasteiger partial charge is 0.115 e. The lowest BCUT2D eigenvalue weighted by molar-refractivity contribution is 0.281. The van der Waals surface area contributed by atoms with Crippen LogP contribution in [0.1, 0.15) is 25.7 Å². The van der Waals surface area contributed by atoms with Crippen molar-refractivity contribution in [1.82, 2.24) is 0 Å². The lowest BCUT2D eigenvalue weighted by Gasteiger charge is -2.27. The maximum Gasteiger partial charge on any atom is 0.115 e. The third-order valence-electron chi connectivity index (χ3n) is 2.97. The van der Waals surface area contributed by atoms with Gasteiger partial charge in [0.2, 0.25) is 0 Å². The molecule has 2 rings (SSSR count). The normalized spacial score (nSPS) is 28.0. The molecule has 0 heterocycles. The van der Waals surface area contributed by atoms with Crippen LogP contribution in [0.3, 0.4) is 0 Å². The van der Waals surface area contributed by atoms with Gasteiger partial charge in [0, 0.05) is 0 Å². The minimum Gasteiger partial charge on any atom is -0.508 e. The number of rotatable bonds is 2. The Morgan fingerprint density at radius 3 is 2.85 bits per heavy atom. The zero-order valence-corrected chi connectivity index (χ0v) is 7.82. The molecule has 0 saturated heterocycles. The number of aliphatic hydroxyl groups excluding tert-OH is 1. The number of hydrogen-bond donors (Lipinski definition) is 1. The van der Waals surface area contributed by atoms with E-state index in [1.165, 1.54) is 25.7 Å². The van der Waals surface area contributed by atoms with E-state index in [4.69, 9.17) is 0 Å². The van der Waals surface area contributed by atoms with Gasteiger partial charge in [-0.15, -0.1) is 0 Å². The Morgan fingerprint density at radius 1 is 1.31 bits per heavy atom. The Hall–Kier alpha value is -0.980. The monoisotopic (exact) mass is 176 g/mol. The highest BCUT2D eigenvalue weighted by atomic mass is 16.3. The molecule has 0 aliphatic heterocycles. The first-order valence-corrected chi connectivity index (χ1v) is 5.10. The highest BCUT2D eigenvalue weighted by Gasteiger charge is 2.19. The zero-order valence-electron chi connectivity index (χ0n) is 7.82. The number of hydrogen-bond acceptors (Lipinski definition) is 1. The van der Waals surface area contributed by atoms with Crippen molar-refractivity contribution in [3.05, 3.63) is 36.1 Å². The topological polar surface area (TPSA) is 20.2 Å². The molecule has 1 saturated carbocycles. The van der Waals surface area contributed by atoms with E-state index in [2.05, 4.69) is 12.2 Å². The third-order valence-corrected chi connectivity index (χ3v) is 2.97. The van der Waals surface area contributed by atoms with Gasteiger partial charge in [0.1, 0.15) is 5.76 Å². The van der Waals surface area contributed by atoms with Crippen LogP contribution in [0.2, 0.25) is 0 Å². The van der Waals surface area contributed by atoms with Crippen LogP contribution in [-0.2, 0) is 0 Å². The lowest BCUT2D eigenvalue weighted by Crippen LogP contribution is -2.13. The van der Waals surface area contributed by atoms with Crippen LogP contribution in [0.25, 0.3) is 0 Å². The van der Waals surface area contributed by atoms with Gasteiger partial charge in [-0.25, -0.2) is 0 Å². The van der Waals surface area contributed by atoms with E-state index < -0.39 is 0 Å². The van der Waals surface area contributed by atoms with Gasteiger partial charge in [0.25, 0.3) is 0 Å². The predicted octanol–water partition coefficient (Wildman–Crippen LogP) is 3.36. The van der Waals surface area contributed by atoms with Crippen molar-refractivity contribution < 1.29 is 5.11 Å². The van der Waals surface area contributed by atoms with Crippen LogP contribution >= 0.6 is 0 Å². The molecular weight excluding hydrogens is 160 g/mol. The molecule has 0 aromatic rings. The molecule has 0 aromatic carbocycles. The van der Waals surface area contributed by atoms with Gasteiger partial charge in [-0.05, 0) is 30.4 Å². The Bertz CT molecular complexity index is 256. The first kappa shape index (κ1) is 8.61. The van der Waals surface area contributed by atoms with E-state index in [9.17, 15) is 5.11 Å². The van der Waals surface area contributed by atoms with Crippen molar-refractivity contribution in [2.75, 3.05) is 0 Å². The van der Waals surface area contributed by atoms with Crippen molar-refractivity contribution in [2.24, 2.45) is 11.8 Å². The summed E-state index contributed by atoms with van der Waals surface area (Å²) < 4.78 is 0. The van der Waals surface area contributed by atoms with Crippen LogP contribution in [0, 0.1) is 11.8 Å². The SMILES string of the molecule is OC1=CC=CC(CC2CCC2)C=C1. The summed E-state index contributed by atoms with van der Waals surface area (Å²) in [6.45, 7) is 0. The Morgan fingerprint density at radius 2 is 2.15 bits per heavy atom. The number of aliphatic hydroxyl groups is 1. The van der Waals surface area contributed by atoms with Crippen molar-refractivity contribution in [2.45, 2.75) is 25.7 Å². The third kappa shape index (κ3) is 2.24. The van der Waals surface area contributed by atoms with E-state index in [-0.39, 0.29) is 0 Å². The second-order valence-corrected chi connectivity index (χ2v) is 4.03. The fourth-order valence-electron chi connectivity index (χ4n) is 1.91. The Labute approximate surface area is 79.5 Å². The highest BCUT2D eigenvalue weighted by Crippen LogP contribution is 2.33. The molecule has 1 atom stereocenters. The molecule has 1 nitrogen and oxygen atoms in total. The summed E-state index contributed by atoms with van der Waals surface area (Å²) in [7, 11) is 0. The molecule has 70 valence electrons. The molecule has 1 fully saturated rings. The minimum atomic E-state index is 0.368. The fourth-order valence-corrected chi connectivity index (χ4v) is 1.91. The summed E-state index contributed by atoms with van der Waals surface area (Å²) >= 11 is 0. The average Bonchev–Trinajstić information content (AvgIpc) is 2.23. The van der Waals surface area contributed by atoms with Crippen molar-refractivity contribution in [3.63, 3.8) is 0 Å². The summed E-state index contributed by atoms with van der Waals surface area (Å²) in [5.41, 5.74) is 0. The van der Waals surface area contributed by atoms with E-state index in [1.807, 2.05) is 12.2 Å². The fraction of sp³-hybridized carbons (Fsp3) is 0.500. The van der Waals surface area contributed by atoms with Gasteiger partial charge < -0.3 is 5.11 Å². The zero-order chi connectivity index (χ0) is 9.10. The molecule has 0 bridgehead atoms. The van der Waals surface area contributed by atoms with Crippen molar-refractivity contribution in [3.8, 4) is 0 Å². The maximum absolute atomic E-state index is 9.24. The summed E-state index contributed by atoms with van der Waals surface area (Å²) in [5, 5.41) is 9.24. The van der Waals surface area contributed by atoms with Gasteiger partial charge in [-0.3, -0.25) is 0 Å². The molecule has 1 N–H and O–H groups in total. The summed E-state index contributed by atoms with van der Waals surface area (Å²) in [6.07, 6.45) is 15.3. The van der Waals surface area contributed by atoms with Gasteiger partial charge in [-0.1, -0.05) is 37.5 Å². The average molecular weight is 176 g/mol. The van der Waals surface area contributed by atoms with Gasteiger partial charge in [-0.2, -0.15) is 0 Å². The van der Waals surface area contributed by atoms with E-state index in [0.29, 0.717) is 11.7 Å². The first-order chi connectivity index (χ1) is 6.34. The quantitative estimate of drug-likeness (QED) is 0.684. The molecule has 2 aliphatic rings. The summed E-state index contributed by atoms with van der Waals surface area (Å²) in [4.78, 5) is 0. The van der Waals surface area contributed by atoms with Gasteiger partial charge in [0.05, 0.1) is 0 Å². The standard InChI is InChI=1S/C12H16O/c13-12-6-2-5-11(7-8-12)9-10-3-1-4-10/h2,5-8,10-11,13H,1,3-4,9H2. The van der Waals surface area contributed by atoms with Gasteiger partial charge in [0.15, 0.2) is 0 Å². The minimum absolute atomic E-state index is 0.368. The van der Waals surface area contributed by atoms with Crippen molar-refractivity contribution in [1.29, 1.82) is 0 Å². The molecule has 0 amide bonds. The molecule has 0 aromatic heterocycles. The lowest BCUT2D eigenvalue weighted by atomic mass is 9.79. The molecule has 13 heavy (non-hydrogen) atoms. The molecule has 2 aliphatic carbocycles. The van der Waals surface area contributed by atoms with Crippen LogP contribution < -0.4 is 0 Å². The number of allylic oxidation sites excluding steroid dienone is 5. The van der Waals surface area contributed by atoms with E-state index in [1.54, 1.807) is 6.08 Å². The van der Waals surface area contributed by atoms with E-state index in [0.717, 1.165) is 5.92 Å². The predicted molar refractivity (Wildman–Crippen MR) is 54.4 cm³/mol. The Balaban J connectivity index is 1.90.